The predicted molar refractivity (Wildman–Crippen MR) is 86.9 cm³/mol. The summed E-state index contributed by atoms with van der Waals surface area (Å²) in [6.45, 7) is 2.24. The lowest BCUT2D eigenvalue weighted by Gasteiger charge is -2.15. The Kier molecular flexibility index (Phi) is 5.67. The van der Waals surface area contributed by atoms with Crippen LogP contribution in [0.25, 0.3) is 0 Å². The normalized spacial score (nSPS) is 11.6. The van der Waals surface area contributed by atoms with E-state index >= 15 is 0 Å². The van der Waals surface area contributed by atoms with Crippen molar-refractivity contribution in [2.45, 2.75) is 13.0 Å². The van der Waals surface area contributed by atoms with Crippen LogP contribution in [0, 0.1) is 0 Å². The van der Waals surface area contributed by atoms with E-state index in [1.54, 1.807) is 31.4 Å². The summed E-state index contributed by atoms with van der Waals surface area (Å²) >= 11 is 6.00. The number of halogens is 1. The molecular weight excluding hydrogens is 302 g/mol. The van der Waals surface area contributed by atoms with Gasteiger partial charge in [0.1, 0.15) is 18.1 Å². The third-order valence-corrected chi connectivity index (χ3v) is 3.38. The summed E-state index contributed by atoms with van der Waals surface area (Å²) in [6, 6.07) is 14.1. The molecule has 2 aromatic carbocycles. The molecule has 4 nitrogen and oxygen atoms in total. The fourth-order valence-electron chi connectivity index (χ4n) is 1.88. The standard InChI is InChI=1S/C17H18ClNO3/c1-12(11-22-14-9-7-13(21-2)8-10-14)19-17(20)15-5-3-4-6-16(15)18/h3-10,12H,11H2,1-2H3,(H,19,20)/t12-/m1/s1. The van der Waals surface area contributed by atoms with Crippen LogP contribution in [0.4, 0.5) is 0 Å². The number of carbonyl (C=O) groups excluding carboxylic acids is 1. The van der Waals surface area contributed by atoms with Gasteiger partial charge in [0.2, 0.25) is 0 Å². The molecule has 1 amide bonds. The fraction of sp³-hybridized carbons (Fsp3) is 0.235. The zero-order chi connectivity index (χ0) is 15.9. The van der Waals surface area contributed by atoms with Gasteiger partial charge in [-0.2, -0.15) is 0 Å². The number of benzene rings is 2. The molecular formula is C17H18ClNO3. The Morgan fingerprint density at radius 3 is 2.41 bits per heavy atom. The molecule has 0 aliphatic carbocycles. The summed E-state index contributed by atoms with van der Waals surface area (Å²) in [6.07, 6.45) is 0. The van der Waals surface area contributed by atoms with Gasteiger partial charge in [0, 0.05) is 0 Å². The third kappa shape index (κ3) is 4.40. The van der Waals surface area contributed by atoms with Crippen LogP contribution in [-0.4, -0.2) is 25.7 Å². The first kappa shape index (κ1) is 16.2. The highest BCUT2D eigenvalue weighted by atomic mass is 35.5. The molecule has 0 unspecified atom stereocenters. The Labute approximate surface area is 135 Å². The number of amides is 1. The zero-order valence-corrected chi connectivity index (χ0v) is 13.3. The molecule has 0 saturated carbocycles. The lowest BCUT2D eigenvalue weighted by molar-refractivity contribution is 0.0927. The lowest BCUT2D eigenvalue weighted by atomic mass is 10.2. The second-order valence-electron chi connectivity index (χ2n) is 4.84. The minimum atomic E-state index is -0.212. The molecule has 1 N–H and O–H groups in total. The Morgan fingerprint density at radius 2 is 1.77 bits per heavy atom. The van der Waals surface area contributed by atoms with Crippen molar-refractivity contribution in [1.82, 2.24) is 5.32 Å². The number of hydrogen-bond acceptors (Lipinski definition) is 3. The third-order valence-electron chi connectivity index (χ3n) is 3.06. The Morgan fingerprint density at radius 1 is 1.14 bits per heavy atom. The van der Waals surface area contributed by atoms with Crippen LogP contribution < -0.4 is 14.8 Å². The summed E-state index contributed by atoms with van der Waals surface area (Å²) < 4.78 is 10.7. The molecule has 0 heterocycles. The van der Waals surface area contributed by atoms with Gasteiger partial charge in [0.05, 0.1) is 23.7 Å². The average Bonchev–Trinajstić information content (AvgIpc) is 2.53. The molecule has 0 saturated heterocycles. The first-order valence-electron chi connectivity index (χ1n) is 6.92. The van der Waals surface area contributed by atoms with Crippen molar-refractivity contribution in [2.75, 3.05) is 13.7 Å². The van der Waals surface area contributed by atoms with E-state index in [9.17, 15) is 4.79 Å². The highest BCUT2D eigenvalue weighted by Gasteiger charge is 2.12. The van der Waals surface area contributed by atoms with Gasteiger partial charge in [-0.05, 0) is 43.3 Å². The van der Waals surface area contributed by atoms with E-state index in [4.69, 9.17) is 21.1 Å². The van der Waals surface area contributed by atoms with E-state index < -0.39 is 0 Å². The number of methoxy groups -OCH3 is 1. The topological polar surface area (TPSA) is 47.6 Å². The van der Waals surface area contributed by atoms with Gasteiger partial charge < -0.3 is 14.8 Å². The Bertz CT molecular complexity index is 628. The molecule has 0 fully saturated rings. The monoisotopic (exact) mass is 319 g/mol. The molecule has 22 heavy (non-hydrogen) atoms. The van der Waals surface area contributed by atoms with E-state index in [1.807, 2.05) is 31.2 Å². The molecule has 0 aliphatic rings. The second kappa shape index (κ2) is 7.71. The lowest BCUT2D eigenvalue weighted by Crippen LogP contribution is -2.36. The SMILES string of the molecule is COc1ccc(OC[C@@H](C)NC(=O)c2ccccc2Cl)cc1. The maximum Gasteiger partial charge on any atom is 0.253 e. The van der Waals surface area contributed by atoms with E-state index in [0.717, 1.165) is 11.5 Å². The van der Waals surface area contributed by atoms with Crippen LogP contribution in [0.3, 0.4) is 0 Å². The zero-order valence-electron chi connectivity index (χ0n) is 12.5. The summed E-state index contributed by atoms with van der Waals surface area (Å²) in [5.41, 5.74) is 0.459. The minimum Gasteiger partial charge on any atom is -0.497 e. The van der Waals surface area contributed by atoms with Gasteiger partial charge in [-0.3, -0.25) is 4.79 Å². The largest absolute Gasteiger partial charge is 0.497 e. The van der Waals surface area contributed by atoms with Gasteiger partial charge in [-0.15, -0.1) is 0 Å². The van der Waals surface area contributed by atoms with E-state index in [0.29, 0.717) is 17.2 Å². The summed E-state index contributed by atoms with van der Waals surface area (Å²) in [5.74, 6) is 1.28. The predicted octanol–water partition coefficient (Wildman–Crippen LogP) is 3.55. The van der Waals surface area contributed by atoms with Crippen molar-refractivity contribution >= 4 is 17.5 Å². The fourth-order valence-corrected chi connectivity index (χ4v) is 2.10. The highest BCUT2D eigenvalue weighted by Crippen LogP contribution is 2.17. The highest BCUT2D eigenvalue weighted by molar-refractivity contribution is 6.33. The molecule has 0 bridgehead atoms. The molecule has 0 aromatic heterocycles. The molecule has 0 spiro atoms. The van der Waals surface area contributed by atoms with Crippen LogP contribution in [0.2, 0.25) is 5.02 Å². The molecule has 5 heteroatoms. The van der Waals surface area contributed by atoms with Gasteiger partial charge in [0.15, 0.2) is 0 Å². The van der Waals surface area contributed by atoms with Crippen molar-refractivity contribution in [3.8, 4) is 11.5 Å². The van der Waals surface area contributed by atoms with Crippen LogP contribution in [0.5, 0.6) is 11.5 Å². The van der Waals surface area contributed by atoms with Gasteiger partial charge in [0.25, 0.3) is 5.91 Å². The number of hydrogen-bond donors (Lipinski definition) is 1. The molecule has 0 radical (unpaired) electrons. The van der Waals surface area contributed by atoms with Gasteiger partial charge >= 0.3 is 0 Å². The van der Waals surface area contributed by atoms with E-state index in [1.165, 1.54) is 0 Å². The van der Waals surface area contributed by atoms with E-state index in [-0.39, 0.29) is 11.9 Å². The first-order valence-corrected chi connectivity index (χ1v) is 7.30. The smallest absolute Gasteiger partial charge is 0.253 e. The number of rotatable bonds is 6. The van der Waals surface area contributed by atoms with Gasteiger partial charge in [-0.1, -0.05) is 23.7 Å². The molecule has 2 rings (SSSR count). The average molecular weight is 320 g/mol. The van der Waals surface area contributed by atoms with Crippen LogP contribution in [0.15, 0.2) is 48.5 Å². The summed E-state index contributed by atoms with van der Waals surface area (Å²) in [5, 5.41) is 3.29. The number of ether oxygens (including phenoxy) is 2. The van der Waals surface area contributed by atoms with Crippen molar-refractivity contribution in [2.24, 2.45) is 0 Å². The molecule has 116 valence electrons. The van der Waals surface area contributed by atoms with Crippen molar-refractivity contribution in [3.63, 3.8) is 0 Å². The van der Waals surface area contributed by atoms with E-state index in [2.05, 4.69) is 5.32 Å². The minimum absolute atomic E-state index is 0.147. The Hall–Kier alpha value is -2.20. The summed E-state index contributed by atoms with van der Waals surface area (Å²) in [4.78, 5) is 12.1. The molecule has 0 aliphatic heterocycles. The van der Waals surface area contributed by atoms with Crippen molar-refractivity contribution in [3.05, 3.63) is 59.1 Å². The quantitative estimate of drug-likeness (QED) is 0.885. The number of carbonyl (C=O) groups is 1. The number of nitrogens with one attached hydrogen (secondary N) is 1. The van der Waals surface area contributed by atoms with Crippen LogP contribution >= 0.6 is 11.6 Å². The van der Waals surface area contributed by atoms with Crippen LogP contribution in [-0.2, 0) is 0 Å². The Balaban J connectivity index is 1.86. The van der Waals surface area contributed by atoms with Crippen LogP contribution in [0.1, 0.15) is 17.3 Å². The summed E-state index contributed by atoms with van der Waals surface area (Å²) in [7, 11) is 1.61. The molecule has 2 aromatic rings. The maximum atomic E-state index is 12.1. The first-order chi connectivity index (χ1) is 10.6. The van der Waals surface area contributed by atoms with Crippen molar-refractivity contribution < 1.29 is 14.3 Å². The van der Waals surface area contributed by atoms with Gasteiger partial charge in [-0.25, -0.2) is 0 Å². The van der Waals surface area contributed by atoms with Crippen molar-refractivity contribution in [1.29, 1.82) is 0 Å². The molecule has 1 atom stereocenters. The second-order valence-corrected chi connectivity index (χ2v) is 5.25. The maximum absolute atomic E-state index is 12.1.